The highest BCUT2D eigenvalue weighted by molar-refractivity contribution is 6.32. The van der Waals surface area contributed by atoms with Gasteiger partial charge in [-0.15, -0.1) is 10.2 Å². The van der Waals surface area contributed by atoms with Gasteiger partial charge in [0.05, 0.1) is 5.02 Å². The molecule has 0 saturated carbocycles. The molecule has 0 aromatic carbocycles. The Kier molecular flexibility index (Phi) is 4.15. The number of nitrogens with zero attached hydrogens (tertiary/aromatic N) is 4. The topological polar surface area (TPSA) is 89.2 Å². The van der Waals surface area contributed by atoms with E-state index < -0.39 is 0 Å². The van der Waals surface area contributed by atoms with E-state index >= 15 is 0 Å². The van der Waals surface area contributed by atoms with Crippen LogP contribution < -0.4 is 0 Å². The number of Topliss-reactive ketones (excluding diaryl/α,β-unsaturated/α-hetero) is 1. The first-order chi connectivity index (χ1) is 10.7. The number of carbonyl (C=O) groups is 2. The third-order valence-corrected chi connectivity index (χ3v) is 3.95. The quantitative estimate of drug-likeness (QED) is 0.630. The second-order valence-electron chi connectivity index (χ2n) is 5.03. The van der Waals surface area contributed by atoms with Crippen LogP contribution in [0.15, 0.2) is 22.7 Å². The minimum atomic E-state index is -0.205. The molecule has 1 fully saturated rings. The maximum Gasteiger partial charge on any atom is 0.284 e. The Bertz CT molecular complexity index is 695. The van der Waals surface area contributed by atoms with Gasteiger partial charge in [0.15, 0.2) is 0 Å². The van der Waals surface area contributed by atoms with Gasteiger partial charge in [0, 0.05) is 25.2 Å². The molecule has 1 aliphatic rings. The van der Waals surface area contributed by atoms with Crippen LogP contribution >= 0.6 is 11.6 Å². The van der Waals surface area contributed by atoms with Gasteiger partial charge in [-0.1, -0.05) is 11.6 Å². The minimum absolute atomic E-state index is 0.0405. The highest BCUT2D eigenvalue weighted by Gasteiger charge is 2.29. The van der Waals surface area contributed by atoms with Crippen molar-refractivity contribution in [2.24, 2.45) is 5.92 Å². The molecule has 0 spiro atoms. The third kappa shape index (κ3) is 2.85. The summed E-state index contributed by atoms with van der Waals surface area (Å²) in [5, 5.41) is 8.02. The average molecular weight is 321 g/mol. The van der Waals surface area contributed by atoms with E-state index in [1.54, 1.807) is 23.2 Å². The van der Waals surface area contributed by atoms with E-state index in [0.717, 1.165) is 6.41 Å². The Hall–Kier alpha value is -2.28. The molecule has 0 radical (unpaired) electrons. The summed E-state index contributed by atoms with van der Waals surface area (Å²) in [7, 11) is 0. The van der Waals surface area contributed by atoms with Crippen LogP contribution in [0, 0.1) is 5.92 Å². The number of hydrogen-bond acceptors (Lipinski definition) is 6. The van der Waals surface area contributed by atoms with Gasteiger partial charge >= 0.3 is 0 Å². The number of carbonyl (C=O) groups excluding carboxylic acids is 2. The van der Waals surface area contributed by atoms with Gasteiger partial charge < -0.3 is 9.32 Å². The van der Waals surface area contributed by atoms with Gasteiger partial charge in [0.2, 0.25) is 12.2 Å². The average Bonchev–Trinajstić information content (AvgIpc) is 3.04. The molecule has 1 amide bonds. The van der Waals surface area contributed by atoms with Crippen LogP contribution in [0.2, 0.25) is 5.02 Å². The number of aromatic nitrogens is 3. The lowest BCUT2D eigenvalue weighted by Gasteiger charge is -2.27. The molecule has 7 nitrogen and oxygen atoms in total. The van der Waals surface area contributed by atoms with Gasteiger partial charge in [0.25, 0.3) is 11.8 Å². The summed E-state index contributed by atoms with van der Waals surface area (Å²) >= 11 is 6.01. The Morgan fingerprint density at radius 1 is 1.36 bits per heavy atom. The van der Waals surface area contributed by atoms with Crippen molar-refractivity contribution in [3.8, 4) is 11.6 Å². The largest absolute Gasteiger partial charge is 0.412 e. The van der Waals surface area contributed by atoms with Crippen molar-refractivity contribution >= 4 is 23.8 Å². The summed E-state index contributed by atoms with van der Waals surface area (Å²) in [5.74, 6) is -0.319. The minimum Gasteiger partial charge on any atom is -0.412 e. The fourth-order valence-electron chi connectivity index (χ4n) is 2.40. The van der Waals surface area contributed by atoms with Gasteiger partial charge in [-0.05, 0) is 25.0 Å². The molecule has 3 heterocycles. The maximum atomic E-state index is 12.4. The second kappa shape index (κ2) is 6.23. The number of halogens is 1. The van der Waals surface area contributed by atoms with Crippen LogP contribution in [-0.2, 0) is 4.79 Å². The van der Waals surface area contributed by atoms with Crippen LogP contribution in [0.4, 0.5) is 0 Å². The van der Waals surface area contributed by atoms with Crippen molar-refractivity contribution in [2.45, 2.75) is 12.8 Å². The number of amides is 1. The van der Waals surface area contributed by atoms with Gasteiger partial charge in [-0.3, -0.25) is 9.59 Å². The first-order valence-corrected chi connectivity index (χ1v) is 7.25. The van der Waals surface area contributed by atoms with E-state index in [1.807, 2.05) is 0 Å². The summed E-state index contributed by atoms with van der Waals surface area (Å²) in [5.41, 5.74) is 0.353. The monoisotopic (exact) mass is 320 g/mol. The second-order valence-corrected chi connectivity index (χ2v) is 5.43. The van der Waals surface area contributed by atoms with Crippen molar-refractivity contribution in [1.82, 2.24) is 20.1 Å². The van der Waals surface area contributed by atoms with E-state index in [-0.39, 0.29) is 23.5 Å². The summed E-state index contributed by atoms with van der Waals surface area (Å²) in [4.78, 5) is 28.8. The van der Waals surface area contributed by atoms with E-state index in [2.05, 4.69) is 15.2 Å². The number of rotatable bonds is 4. The highest BCUT2D eigenvalue weighted by atomic mass is 35.5. The molecular formula is C14H13ClN4O3. The number of pyridine rings is 1. The van der Waals surface area contributed by atoms with Gasteiger partial charge in [0.1, 0.15) is 5.69 Å². The van der Waals surface area contributed by atoms with Crippen molar-refractivity contribution < 1.29 is 14.0 Å². The van der Waals surface area contributed by atoms with Crippen molar-refractivity contribution in [1.29, 1.82) is 0 Å². The van der Waals surface area contributed by atoms with Gasteiger partial charge in [-0.2, -0.15) is 0 Å². The molecule has 2 aromatic heterocycles. The Balaban J connectivity index is 1.75. The summed E-state index contributed by atoms with van der Waals surface area (Å²) in [6, 6.07) is 3.35. The first kappa shape index (κ1) is 14.6. The van der Waals surface area contributed by atoms with Crippen LogP contribution in [0.25, 0.3) is 11.6 Å². The zero-order valence-electron chi connectivity index (χ0n) is 11.6. The fraction of sp³-hybridized carbons (Fsp3) is 0.357. The number of likely N-dealkylation sites (tertiary alicyclic amines) is 1. The molecule has 8 heteroatoms. The predicted octanol–water partition coefficient (Wildman–Crippen LogP) is 1.84. The Morgan fingerprint density at radius 3 is 2.82 bits per heavy atom. The smallest absolute Gasteiger partial charge is 0.284 e. The maximum absolute atomic E-state index is 12.4. The normalized spacial score (nSPS) is 15.8. The molecule has 114 valence electrons. The molecule has 0 aliphatic carbocycles. The summed E-state index contributed by atoms with van der Waals surface area (Å²) < 4.78 is 5.42. The highest BCUT2D eigenvalue weighted by Crippen LogP contribution is 2.26. The molecule has 3 rings (SSSR count). The molecule has 1 aliphatic heterocycles. The van der Waals surface area contributed by atoms with Crippen molar-refractivity contribution in [2.75, 3.05) is 13.1 Å². The Morgan fingerprint density at radius 2 is 2.14 bits per heavy atom. The van der Waals surface area contributed by atoms with E-state index in [4.69, 9.17) is 16.0 Å². The summed E-state index contributed by atoms with van der Waals surface area (Å²) in [6.07, 6.45) is 3.55. The SMILES string of the molecule is O=CN1CCC(C(=O)c2nnc(-c3ncccc3Cl)o2)CC1. The Labute approximate surface area is 131 Å². The van der Waals surface area contributed by atoms with Crippen molar-refractivity contribution in [3.63, 3.8) is 0 Å². The molecule has 0 bridgehead atoms. The lowest BCUT2D eigenvalue weighted by Crippen LogP contribution is -2.35. The first-order valence-electron chi connectivity index (χ1n) is 6.87. The zero-order valence-corrected chi connectivity index (χ0v) is 12.4. The molecule has 0 atom stereocenters. The van der Waals surface area contributed by atoms with E-state index in [9.17, 15) is 9.59 Å². The number of piperidine rings is 1. The van der Waals surface area contributed by atoms with Gasteiger partial charge in [-0.25, -0.2) is 4.98 Å². The molecule has 2 aromatic rings. The third-order valence-electron chi connectivity index (χ3n) is 3.65. The molecule has 0 unspecified atom stereocenters. The number of ketones is 1. The fourth-order valence-corrected chi connectivity index (χ4v) is 2.61. The predicted molar refractivity (Wildman–Crippen MR) is 77.2 cm³/mol. The van der Waals surface area contributed by atoms with Crippen LogP contribution in [0.5, 0.6) is 0 Å². The van der Waals surface area contributed by atoms with E-state index in [0.29, 0.717) is 36.6 Å². The molecule has 0 N–H and O–H groups in total. The zero-order chi connectivity index (χ0) is 15.5. The lowest BCUT2D eigenvalue weighted by atomic mass is 9.93. The van der Waals surface area contributed by atoms with E-state index in [1.165, 1.54) is 0 Å². The molecule has 22 heavy (non-hydrogen) atoms. The summed E-state index contributed by atoms with van der Waals surface area (Å²) in [6.45, 7) is 1.12. The molecular weight excluding hydrogens is 308 g/mol. The lowest BCUT2D eigenvalue weighted by molar-refractivity contribution is -0.119. The standard InChI is InChI=1S/C14H13ClN4O3/c15-10-2-1-5-16-11(10)13-17-18-14(22-13)12(21)9-3-6-19(8-20)7-4-9/h1-2,5,8-9H,3-4,6-7H2. The van der Waals surface area contributed by atoms with Crippen LogP contribution in [0.1, 0.15) is 23.5 Å². The van der Waals surface area contributed by atoms with Crippen LogP contribution in [-0.4, -0.2) is 45.4 Å². The van der Waals surface area contributed by atoms with Crippen LogP contribution in [0.3, 0.4) is 0 Å². The molecule has 1 saturated heterocycles. The number of hydrogen-bond donors (Lipinski definition) is 0. The van der Waals surface area contributed by atoms with Crippen molar-refractivity contribution in [3.05, 3.63) is 29.2 Å².